The first-order chi connectivity index (χ1) is 13.3. The van der Waals surface area contributed by atoms with Gasteiger partial charge in [-0.1, -0.05) is 13.8 Å². The number of halogens is 1. The normalized spacial score (nSPS) is 29.8. The summed E-state index contributed by atoms with van der Waals surface area (Å²) in [5.41, 5.74) is 0.144. The van der Waals surface area contributed by atoms with Crippen molar-refractivity contribution in [1.82, 2.24) is 20.4 Å². The molecule has 0 bridgehead atoms. The predicted molar refractivity (Wildman–Crippen MR) is 128 cm³/mol. The fraction of sp³-hybridized carbons (Fsp3) is 0.905. The Kier molecular flexibility index (Phi) is 9.03. The molecule has 2 saturated heterocycles. The lowest BCUT2D eigenvalue weighted by Crippen LogP contribution is -2.71. The highest BCUT2D eigenvalue weighted by molar-refractivity contribution is 14.0. The molecule has 0 aromatic rings. The third kappa shape index (κ3) is 5.76. The summed E-state index contributed by atoms with van der Waals surface area (Å²) in [6, 6.07) is 0.856. The molecule has 0 aromatic carbocycles. The van der Waals surface area contributed by atoms with Crippen LogP contribution in [0.1, 0.15) is 46.0 Å². The highest BCUT2D eigenvalue weighted by Gasteiger charge is 2.58. The maximum Gasteiger partial charge on any atom is 0.223 e. The fourth-order valence-electron chi connectivity index (χ4n) is 5.11. The maximum absolute atomic E-state index is 11.8. The summed E-state index contributed by atoms with van der Waals surface area (Å²) in [4.78, 5) is 20.3. The number of ether oxygens (including phenoxy) is 1. The van der Waals surface area contributed by atoms with Crippen LogP contribution in [0, 0.1) is 11.3 Å². The van der Waals surface area contributed by atoms with Crippen LogP contribution in [0.25, 0.3) is 0 Å². The Morgan fingerprint density at radius 1 is 1.21 bits per heavy atom. The second kappa shape index (κ2) is 10.6. The average Bonchev–Trinajstić information content (AvgIpc) is 2.69. The summed E-state index contributed by atoms with van der Waals surface area (Å²) in [6.45, 7) is 8.43. The molecule has 2 aliphatic heterocycles. The van der Waals surface area contributed by atoms with Gasteiger partial charge in [0.2, 0.25) is 5.91 Å². The second-order valence-corrected chi connectivity index (χ2v) is 9.41. The number of carbonyl (C=O) groups is 1. The summed E-state index contributed by atoms with van der Waals surface area (Å²) in [5.74, 6) is 1.72. The summed E-state index contributed by atoms with van der Waals surface area (Å²) < 4.78 is 6.02. The van der Waals surface area contributed by atoms with E-state index in [0.717, 1.165) is 51.5 Å². The molecule has 0 aromatic heterocycles. The van der Waals surface area contributed by atoms with Crippen molar-refractivity contribution >= 4 is 35.8 Å². The van der Waals surface area contributed by atoms with Gasteiger partial charge in [-0.3, -0.25) is 9.79 Å². The first-order valence-electron chi connectivity index (χ1n) is 10.9. The number of rotatable bonds is 5. The molecular formula is C21H40IN5O2. The lowest BCUT2D eigenvalue weighted by Gasteiger charge is -2.60. The third-order valence-corrected chi connectivity index (χ3v) is 6.92. The number of nitrogens with zero attached hydrogens (tertiary/aromatic N) is 3. The summed E-state index contributed by atoms with van der Waals surface area (Å²) >= 11 is 0. The van der Waals surface area contributed by atoms with E-state index in [9.17, 15) is 4.79 Å². The zero-order valence-corrected chi connectivity index (χ0v) is 21.1. The second-order valence-electron chi connectivity index (χ2n) is 9.41. The minimum absolute atomic E-state index is 0. The number of hydrogen-bond donors (Lipinski definition) is 2. The molecule has 7 nitrogen and oxygen atoms in total. The topological polar surface area (TPSA) is 69.2 Å². The molecule has 3 fully saturated rings. The van der Waals surface area contributed by atoms with Crippen LogP contribution in [0.4, 0.5) is 0 Å². The van der Waals surface area contributed by atoms with Gasteiger partial charge in [-0.25, -0.2) is 0 Å². The van der Waals surface area contributed by atoms with E-state index in [0.29, 0.717) is 30.5 Å². The molecule has 3 aliphatic rings. The van der Waals surface area contributed by atoms with Gasteiger partial charge >= 0.3 is 0 Å². The average molecular weight is 521 g/mol. The molecule has 0 radical (unpaired) electrons. The molecule has 2 heterocycles. The number of amides is 1. The molecule has 2 N–H and O–H groups in total. The Morgan fingerprint density at radius 3 is 2.52 bits per heavy atom. The number of nitrogens with one attached hydrogen (secondary N) is 2. The molecule has 8 heteroatoms. The smallest absolute Gasteiger partial charge is 0.223 e. The summed E-state index contributed by atoms with van der Waals surface area (Å²) in [7, 11) is 5.50. The van der Waals surface area contributed by atoms with E-state index >= 15 is 0 Å². The summed E-state index contributed by atoms with van der Waals surface area (Å²) in [5, 5.41) is 7.34. The van der Waals surface area contributed by atoms with Gasteiger partial charge in [0.1, 0.15) is 0 Å². The van der Waals surface area contributed by atoms with E-state index in [1.165, 1.54) is 6.42 Å². The van der Waals surface area contributed by atoms with Gasteiger partial charge in [-0.05, 0) is 25.7 Å². The van der Waals surface area contributed by atoms with Crippen molar-refractivity contribution in [3.8, 4) is 0 Å². The lowest BCUT2D eigenvalue weighted by molar-refractivity contribution is -0.188. The number of fused-ring (bicyclic) bond motifs is 1. The Morgan fingerprint density at radius 2 is 1.90 bits per heavy atom. The first kappa shape index (κ1) is 24.7. The Labute approximate surface area is 193 Å². The molecule has 1 amide bonds. The van der Waals surface area contributed by atoms with E-state index in [4.69, 9.17) is 4.74 Å². The van der Waals surface area contributed by atoms with Crippen LogP contribution in [0.2, 0.25) is 0 Å². The van der Waals surface area contributed by atoms with Crippen LogP contribution >= 0.6 is 24.0 Å². The predicted octanol–water partition coefficient (Wildman–Crippen LogP) is 1.92. The molecule has 168 valence electrons. The van der Waals surface area contributed by atoms with Crippen molar-refractivity contribution in [3.63, 3.8) is 0 Å². The largest absolute Gasteiger partial charge is 0.377 e. The van der Waals surface area contributed by atoms with E-state index < -0.39 is 0 Å². The molecule has 0 spiro atoms. The highest BCUT2D eigenvalue weighted by Crippen LogP contribution is 2.51. The Hall–Kier alpha value is -0.610. The highest BCUT2D eigenvalue weighted by atomic mass is 127. The van der Waals surface area contributed by atoms with Crippen molar-refractivity contribution < 1.29 is 9.53 Å². The van der Waals surface area contributed by atoms with Crippen molar-refractivity contribution in [2.45, 2.75) is 64.1 Å². The number of guanidine groups is 1. The number of likely N-dealkylation sites (tertiary alicyclic amines) is 1. The standard InChI is InChI=1S/C21H39N5O2.HI/c1-21(2)18(16-7-6-14-28-19(16)21)24-20(22-3)23-15-8-11-26(12-9-15)13-10-17(27)25(4)5;/h15-16,18-19H,6-14H2,1-5H3,(H2,22,23,24);1H. The molecular weight excluding hydrogens is 481 g/mol. The van der Waals surface area contributed by atoms with Crippen LogP contribution in [0.3, 0.4) is 0 Å². The van der Waals surface area contributed by atoms with Gasteiger partial charge < -0.3 is 25.2 Å². The van der Waals surface area contributed by atoms with Gasteiger partial charge in [0.05, 0.1) is 6.10 Å². The van der Waals surface area contributed by atoms with Crippen molar-refractivity contribution in [1.29, 1.82) is 0 Å². The van der Waals surface area contributed by atoms with Crippen LogP contribution in [-0.4, -0.2) is 87.2 Å². The Bertz CT molecular complexity index is 575. The number of aliphatic imine (C=N–C) groups is 1. The minimum atomic E-state index is 0. The zero-order chi connectivity index (χ0) is 20.3. The fourth-order valence-corrected chi connectivity index (χ4v) is 5.11. The first-order valence-corrected chi connectivity index (χ1v) is 10.9. The minimum Gasteiger partial charge on any atom is -0.377 e. The monoisotopic (exact) mass is 521 g/mol. The third-order valence-electron chi connectivity index (χ3n) is 6.92. The lowest BCUT2D eigenvalue weighted by atomic mass is 9.55. The van der Waals surface area contributed by atoms with E-state index in [2.05, 4.69) is 34.4 Å². The summed E-state index contributed by atoms with van der Waals surface area (Å²) in [6.07, 6.45) is 5.56. The molecule has 3 atom stereocenters. The molecule has 3 rings (SSSR count). The van der Waals surface area contributed by atoms with Gasteiger partial charge in [0.15, 0.2) is 5.96 Å². The van der Waals surface area contributed by atoms with E-state index in [-0.39, 0.29) is 35.3 Å². The van der Waals surface area contributed by atoms with E-state index in [1.54, 1.807) is 4.90 Å². The van der Waals surface area contributed by atoms with Gasteiger partial charge in [-0.2, -0.15) is 0 Å². The quantitative estimate of drug-likeness (QED) is 0.329. The van der Waals surface area contributed by atoms with Crippen LogP contribution in [0.15, 0.2) is 4.99 Å². The van der Waals surface area contributed by atoms with Crippen LogP contribution in [0.5, 0.6) is 0 Å². The molecule has 3 unspecified atom stereocenters. The van der Waals surface area contributed by atoms with Crippen LogP contribution < -0.4 is 10.6 Å². The zero-order valence-electron chi connectivity index (χ0n) is 18.7. The van der Waals surface area contributed by atoms with E-state index in [1.807, 2.05) is 21.1 Å². The number of carbonyl (C=O) groups excluding carboxylic acids is 1. The van der Waals surface area contributed by atoms with Crippen molar-refractivity contribution in [2.75, 3.05) is 47.4 Å². The van der Waals surface area contributed by atoms with Crippen molar-refractivity contribution in [3.05, 3.63) is 0 Å². The molecule has 29 heavy (non-hydrogen) atoms. The number of hydrogen-bond acceptors (Lipinski definition) is 4. The van der Waals surface area contributed by atoms with Crippen molar-refractivity contribution in [2.24, 2.45) is 16.3 Å². The Balaban J connectivity index is 0.00000300. The SMILES string of the molecule is CN=C(NC1CCN(CCC(=O)N(C)C)CC1)NC1C2CCCOC2C1(C)C.I. The maximum atomic E-state index is 11.8. The van der Waals surface area contributed by atoms with Gasteiger partial charge in [0.25, 0.3) is 0 Å². The van der Waals surface area contributed by atoms with Gasteiger partial charge in [-0.15, -0.1) is 24.0 Å². The number of piperidine rings is 1. The van der Waals surface area contributed by atoms with Gasteiger partial charge in [0, 0.05) is 77.2 Å². The van der Waals surface area contributed by atoms with Crippen LogP contribution in [-0.2, 0) is 9.53 Å². The molecule has 1 aliphatic carbocycles. The molecule has 1 saturated carbocycles.